The third-order valence-electron chi connectivity index (χ3n) is 6.12. The number of rotatable bonds is 7. The van der Waals surface area contributed by atoms with Crippen LogP contribution in [-0.2, 0) is 16.0 Å². The number of para-hydroxylation sites is 1. The number of halogens is 1. The molecule has 5 rings (SSSR count). The molecule has 2 aromatic heterocycles. The van der Waals surface area contributed by atoms with Crippen molar-refractivity contribution in [1.82, 2.24) is 25.0 Å². The van der Waals surface area contributed by atoms with Crippen molar-refractivity contribution in [3.05, 3.63) is 60.2 Å². The molecule has 1 aliphatic heterocycles. The average Bonchev–Trinajstić information content (AvgIpc) is 3.36. The topological polar surface area (TPSA) is 124 Å². The maximum absolute atomic E-state index is 14.0. The van der Waals surface area contributed by atoms with Crippen LogP contribution in [0.5, 0.6) is 0 Å². The molecule has 9 nitrogen and oxygen atoms in total. The van der Waals surface area contributed by atoms with Crippen molar-refractivity contribution in [2.45, 2.75) is 43.8 Å². The molecule has 3 N–H and O–H groups in total. The Bertz CT molecular complexity index is 1260. The largest absolute Gasteiger partial charge is 0.371 e. The first-order valence-electron chi connectivity index (χ1n) is 10.8. The molecule has 33 heavy (non-hydrogen) atoms. The van der Waals surface area contributed by atoms with E-state index in [2.05, 4.69) is 32.0 Å². The number of nitriles is 1. The zero-order valence-electron chi connectivity index (χ0n) is 17.7. The molecule has 0 radical (unpaired) electrons. The van der Waals surface area contributed by atoms with Gasteiger partial charge in [0.1, 0.15) is 36.2 Å². The monoisotopic (exact) mass is 447 g/mol. The van der Waals surface area contributed by atoms with Gasteiger partial charge in [0, 0.05) is 12.6 Å². The van der Waals surface area contributed by atoms with Crippen LogP contribution in [0.15, 0.2) is 43.1 Å². The van der Waals surface area contributed by atoms with E-state index in [1.54, 1.807) is 35.1 Å². The van der Waals surface area contributed by atoms with E-state index >= 15 is 0 Å². The van der Waals surface area contributed by atoms with Crippen LogP contribution in [0.4, 0.5) is 10.1 Å². The summed E-state index contributed by atoms with van der Waals surface area (Å²) in [6, 6.07) is 6.07. The zero-order valence-corrected chi connectivity index (χ0v) is 17.7. The summed E-state index contributed by atoms with van der Waals surface area (Å²) < 4.78 is 15.7. The summed E-state index contributed by atoms with van der Waals surface area (Å²) in [6.07, 6.45) is 7.50. The van der Waals surface area contributed by atoms with Gasteiger partial charge < -0.3 is 16.0 Å². The van der Waals surface area contributed by atoms with Crippen molar-refractivity contribution in [3.63, 3.8) is 0 Å². The lowest BCUT2D eigenvalue weighted by molar-refractivity contribution is -0.129. The summed E-state index contributed by atoms with van der Waals surface area (Å²) in [6.45, 7) is 0. The second-order valence-corrected chi connectivity index (χ2v) is 8.49. The molecule has 0 saturated heterocycles. The van der Waals surface area contributed by atoms with Crippen molar-refractivity contribution < 1.29 is 14.0 Å². The molecule has 3 aromatic rings. The molecule has 1 saturated carbocycles. The molecular formula is C23H22FN7O2. The highest BCUT2D eigenvalue weighted by Gasteiger charge is 2.35. The number of hydrogen-bond donors (Lipinski definition) is 3. The predicted octanol–water partition coefficient (Wildman–Crippen LogP) is 1.87. The summed E-state index contributed by atoms with van der Waals surface area (Å²) in [4.78, 5) is 34.3. The van der Waals surface area contributed by atoms with Crippen LogP contribution in [0.1, 0.15) is 36.6 Å². The Hall–Kier alpha value is -4.00. The number of amides is 2. The molecule has 3 unspecified atom stereocenters. The van der Waals surface area contributed by atoms with Crippen LogP contribution < -0.4 is 16.0 Å². The molecule has 2 amide bonds. The Labute approximate surface area is 189 Å². The molecular weight excluding hydrogens is 425 g/mol. The molecule has 1 aliphatic carbocycles. The average molecular weight is 447 g/mol. The van der Waals surface area contributed by atoms with Gasteiger partial charge in [0.2, 0.25) is 11.8 Å². The number of carbonyl (C=O) groups is 2. The van der Waals surface area contributed by atoms with Gasteiger partial charge >= 0.3 is 0 Å². The van der Waals surface area contributed by atoms with Crippen LogP contribution in [0.2, 0.25) is 0 Å². The first kappa shape index (κ1) is 20.9. The molecule has 3 heterocycles. The van der Waals surface area contributed by atoms with Crippen LogP contribution in [-0.4, -0.2) is 38.3 Å². The minimum absolute atomic E-state index is 0.325. The summed E-state index contributed by atoms with van der Waals surface area (Å²) >= 11 is 0. The molecule has 2 aliphatic rings. The van der Waals surface area contributed by atoms with Crippen LogP contribution in [0.3, 0.4) is 0 Å². The van der Waals surface area contributed by atoms with E-state index in [-0.39, 0.29) is 5.91 Å². The summed E-state index contributed by atoms with van der Waals surface area (Å²) in [5, 5.41) is 18.2. The minimum atomic E-state index is -0.980. The molecule has 1 aromatic carbocycles. The Morgan fingerprint density at radius 2 is 2.12 bits per heavy atom. The fourth-order valence-electron chi connectivity index (χ4n) is 4.19. The van der Waals surface area contributed by atoms with Crippen molar-refractivity contribution >= 4 is 23.0 Å². The number of nitrogens with zero attached hydrogens (tertiary/aromatic N) is 4. The van der Waals surface area contributed by atoms with E-state index in [1.165, 1.54) is 12.4 Å². The zero-order chi connectivity index (χ0) is 22.9. The van der Waals surface area contributed by atoms with E-state index in [1.807, 2.05) is 0 Å². The number of carbonyl (C=O) groups excluding carboxylic acids is 2. The van der Waals surface area contributed by atoms with Gasteiger partial charge in [-0.25, -0.2) is 14.4 Å². The first-order chi connectivity index (χ1) is 16.0. The number of fused-ring (bicyclic) bond motifs is 2. The molecule has 3 atom stereocenters. The van der Waals surface area contributed by atoms with Crippen molar-refractivity contribution in [3.8, 4) is 6.07 Å². The third kappa shape index (κ3) is 4.22. The lowest BCUT2D eigenvalue weighted by Gasteiger charge is -2.22. The number of aromatic nitrogens is 3. The molecule has 1 fully saturated rings. The summed E-state index contributed by atoms with van der Waals surface area (Å²) in [5.41, 5.74) is 2.12. The van der Waals surface area contributed by atoms with E-state index < -0.39 is 29.8 Å². The van der Waals surface area contributed by atoms with Crippen LogP contribution in [0.25, 0.3) is 5.52 Å². The van der Waals surface area contributed by atoms with E-state index in [4.69, 9.17) is 0 Å². The van der Waals surface area contributed by atoms with Crippen LogP contribution in [0, 0.1) is 23.1 Å². The smallest absolute Gasteiger partial charge is 0.243 e. The van der Waals surface area contributed by atoms with Gasteiger partial charge in [-0.2, -0.15) is 5.26 Å². The van der Waals surface area contributed by atoms with E-state index in [9.17, 15) is 19.2 Å². The van der Waals surface area contributed by atoms with Gasteiger partial charge in [-0.15, -0.1) is 0 Å². The quantitative estimate of drug-likeness (QED) is 0.508. The fraction of sp³-hybridized carbons (Fsp3) is 0.348. The lowest BCUT2D eigenvalue weighted by Crippen LogP contribution is -2.51. The molecule has 0 bridgehead atoms. The lowest BCUT2D eigenvalue weighted by atomic mass is 10.1. The van der Waals surface area contributed by atoms with E-state index in [0.717, 1.165) is 18.4 Å². The maximum Gasteiger partial charge on any atom is 0.243 e. The number of imidazole rings is 1. The number of nitrogens with one attached hydrogen (secondary N) is 3. The Morgan fingerprint density at radius 1 is 1.27 bits per heavy atom. The van der Waals surface area contributed by atoms with Crippen molar-refractivity contribution in [1.29, 1.82) is 5.26 Å². The first-order valence-corrected chi connectivity index (χ1v) is 10.8. The fourth-order valence-corrected chi connectivity index (χ4v) is 4.19. The SMILES string of the molecule is N#CC(NC(=O)C(CC1CC1)NC(=O)C1Cc2cccc(F)c2N1)c1ncn2cnccc12. The normalized spacial score (nSPS) is 18.6. The molecule has 10 heteroatoms. The Morgan fingerprint density at radius 3 is 2.88 bits per heavy atom. The predicted molar refractivity (Wildman–Crippen MR) is 116 cm³/mol. The van der Waals surface area contributed by atoms with Gasteiger partial charge in [-0.05, 0) is 30.0 Å². The van der Waals surface area contributed by atoms with Crippen LogP contribution >= 0.6 is 0 Å². The number of hydrogen-bond acceptors (Lipinski definition) is 6. The molecule has 168 valence electrons. The number of benzene rings is 1. The molecule has 0 spiro atoms. The standard InChI is InChI=1S/C23H22FN7O2/c24-15-3-1-2-14-9-17(28-20(14)15)23(33)29-16(8-13-4-5-13)22(32)30-18(10-25)21-19-6-7-26-11-31(19)12-27-21/h1-3,6-7,11-13,16-18,28H,4-5,8-9H2,(H,29,33)(H,30,32). The maximum atomic E-state index is 14.0. The van der Waals surface area contributed by atoms with Gasteiger partial charge in [0.15, 0.2) is 6.04 Å². The van der Waals surface area contributed by atoms with Crippen molar-refractivity contribution in [2.24, 2.45) is 5.92 Å². The van der Waals surface area contributed by atoms with E-state index in [0.29, 0.717) is 35.7 Å². The summed E-state index contributed by atoms with van der Waals surface area (Å²) in [5.74, 6) is -0.876. The Balaban J connectivity index is 1.29. The van der Waals surface area contributed by atoms with Gasteiger partial charge in [0.25, 0.3) is 0 Å². The summed E-state index contributed by atoms with van der Waals surface area (Å²) in [7, 11) is 0. The van der Waals surface area contributed by atoms with Gasteiger partial charge in [0.05, 0.1) is 17.3 Å². The number of anilines is 1. The highest BCUT2D eigenvalue weighted by Crippen LogP contribution is 2.34. The second-order valence-electron chi connectivity index (χ2n) is 8.49. The van der Waals surface area contributed by atoms with Crippen molar-refractivity contribution in [2.75, 3.05) is 5.32 Å². The highest BCUT2D eigenvalue weighted by atomic mass is 19.1. The Kier molecular flexibility index (Phi) is 5.38. The minimum Gasteiger partial charge on any atom is -0.371 e. The third-order valence-corrected chi connectivity index (χ3v) is 6.12. The van der Waals surface area contributed by atoms with Gasteiger partial charge in [-0.1, -0.05) is 25.0 Å². The second kappa shape index (κ2) is 8.50. The highest BCUT2D eigenvalue weighted by molar-refractivity contribution is 5.92. The van der Waals surface area contributed by atoms with Gasteiger partial charge in [-0.3, -0.25) is 14.0 Å².